The van der Waals surface area contributed by atoms with E-state index in [1.165, 1.54) is 17.0 Å². The number of nitrogens with two attached hydrogens (primary N) is 1. The molecule has 0 atom stereocenters. The van der Waals surface area contributed by atoms with Gasteiger partial charge < -0.3 is 20.3 Å². The van der Waals surface area contributed by atoms with Gasteiger partial charge in [-0.15, -0.1) is 0 Å². The van der Waals surface area contributed by atoms with Gasteiger partial charge in [0.1, 0.15) is 30.1 Å². The third kappa shape index (κ3) is 5.18. The summed E-state index contributed by atoms with van der Waals surface area (Å²) in [5.74, 6) is -1.58. The lowest BCUT2D eigenvalue weighted by atomic mass is 10.2. The highest BCUT2D eigenvalue weighted by atomic mass is 19.1. The molecule has 0 aliphatic carbocycles. The number of benzene rings is 1. The van der Waals surface area contributed by atoms with Gasteiger partial charge in [-0.25, -0.2) is 18.7 Å². The van der Waals surface area contributed by atoms with E-state index in [9.17, 15) is 13.6 Å². The number of halogens is 2. The molecular formula is C21H19F2N7O3. The van der Waals surface area contributed by atoms with Crippen molar-refractivity contribution in [1.82, 2.24) is 24.9 Å². The van der Waals surface area contributed by atoms with Crippen molar-refractivity contribution in [3.8, 4) is 22.9 Å². The Morgan fingerprint density at radius 2 is 2.03 bits per heavy atom. The van der Waals surface area contributed by atoms with Gasteiger partial charge in [0.05, 0.1) is 31.5 Å². The van der Waals surface area contributed by atoms with E-state index in [1.54, 1.807) is 30.3 Å². The van der Waals surface area contributed by atoms with Gasteiger partial charge in [0.2, 0.25) is 0 Å². The molecular weight excluding hydrogens is 436 g/mol. The van der Waals surface area contributed by atoms with Crippen molar-refractivity contribution >= 4 is 11.8 Å². The number of aromatic nitrogens is 5. The van der Waals surface area contributed by atoms with Crippen LogP contribution in [-0.2, 0) is 16.1 Å². The molecule has 0 spiro atoms. The van der Waals surface area contributed by atoms with Crippen LogP contribution in [0.4, 0.5) is 14.6 Å². The normalized spacial score (nSPS) is 10.9. The molecule has 3 heterocycles. The number of ether oxygens (including phenoxy) is 1. The smallest absolute Gasteiger partial charge is 0.319 e. The lowest BCUT2D eigenvalue weighted by Gasteiger charge is -2.08. The van der Waals surface area contributed by atoms with Crippen molar-refractivity contribution in [3.05, 3.63) is 66.1 Å². The molecule has 1 aromatic carbocycles. The molecule has 0 aliphatic rings. The number of esters is 1. The van der Waals surface area contributed by atoms with Crippen LogP contribution in [0.15, 0.2) is 53.4 Å². The zero-order chi connectivity index (χ0) is 23.2. The van der Waals surface area contributed by atoms with Gasteiger partial charge in [0, 0.05) is 11.6 Å². The van der Waals surface area contributed by atoms with Crippen molar-refractivity contribution in [1.29, 1.82) is 0 Å². The molecule has 0 amide bonds. The molecule has 3 N–H and O–H groups in total. The molecule has 4 rings (SSSR count). The number of nitrogens with one attached hydrogen (secondary N) is 1. The van der Waals surface area contributed by atoms with Crippen LogP contribution >= 0.6 is 0 Å². The van der Waals surface area contributed by atoms with Gasteiger partial charge in [-0.3, -0.25) is 9.48 Å². The van der Waals surface area contributed by atoms with Crippen molar-refractivity contribution in [2.45, 2.75) is 6.54 Å². The Bertz CT molecular complexity index is 1240. The summed E-state index contributed by atoms with van der Waals surface area (Å²) < 4.78 is 39.7. The van der Waals surface area contributed by atoms with E-state index in [2.05, 4.69) is 25.5 Å². The SMILES string of the molecule is NCC(=O)OCCNc1nc(-c2cc(-c3ccon3)n(Cc3ccccc3F)n2)ncc1F. The number of hydrogen-bond acceptors (Lipinski definition) is 9. The quantitative estimate of drug-likeness (QED) is 0.288. The van der Waals surface area contributed by atoms with Crippen LogP contribution in [0, 0.1) is 11.6 Å². The summed E-state index contributed by atoms with van der Waals surface area (Å²) in [5.41, 5.74) is 6.93. The van der Waals surface area contributed by atoms with Gasteiger partial charge in [-0.05, 0) is 12.1 Å². The summed E-state index contributed by atoms with van der Waals surface area (Å²) in [4.78, 5) is 19.3. The van der Waals surface area contributed by atoms with Crippen molar-refractivity contribution < 1.29 is 22.8 Å². The van der Waals surface area contributed by atoms with E-state index in [0.717, 1.165) is 6.20 Å². The average molecular weight is 455 g/mol. The van der Waals surface area contributed by atoms with Crippen molar-refractivity contribution in [2.24, 2.45) is 5.73 Å². The van der Waals surface area contributed by atoms with E-state index < -0.39 is 11.8 Å². The van der Waals surface area contributed by atoms with Crippen LogP contribution in [0.5, 0.6) is 0 Å². The molecule has 0 radical (unpaired) electrons. The molecule has 4 aromatic rings. The zero-order valence-electron chi connectivity index (χ0n) is 17.2. The Morgan fingerprint density at radius 3 is 2.79 bits per heavy atom. The molecule has 0 saturated carbocycles. The predicted molar refractivity (Wildman–Crippen MR) is 113 cm³/mol. The second kappa shape index (κ2) is 9.96. The van der Waals surface area contributed by atoms with E-state index in [-0.39, 0.29) is 43.7 Å². The molecule has 0 aliphatic heterocycles. The van der Waals surface area contributed by atoms with Crippen LogP contribution in [0.1, 0.15) is 5.56 Å². The first-order valence-electron chi connectivity index (χ1n) is 9.89. The van der Waals surface area contributed by atoms with Gasteiger partial charge in [0.15, 0.2) is 17.5 Å². The number of rotatable bonds is 9. The molecule has 0 saturated heterocycles. The monoisotopic (exact) mass is 455 g/mol. The summed E-state index contributed by atoms with van der Waals surface area (Å²) in [5, 5.41) is 11.2. The highest BCUT2D eigenvalue weighted by Crippen LogP contribution is 2.25. The third-order valence-electron chi connectivity index (χ3n) is 4.56. The first-order valence-corrected chi connectivity index (χ1v) is 9.89. The summed E-state index contributed by atoms with van der Waals surface area (Å²) >= 11 is 0. The Kier molecular flexibility index (Phi) is 6.64. The van der Waals surface area contributed by atoms with E-state index >= 15 is 0 Å². The van der Waals surface area contributed by atoms with Crippen LogP contribution in [0.2, 0.25) is 0 Å². The average Bonchev–Trinajstić information content (AvgIpc) is 3.49. The first kappa shape index (κ1) is 22.0. The standard InChI is InChI=1S/C21H19F2N7O3/c22-14-4-2-1-3-13(14)12-30-18(16-5-7-33-29-16)9-17(28-30)21-26-11-15(23)20(27-21)25-6-8-32-19(31)10-24/h1-5,7,9,11H,6,8,10,12,24H2,(H,25,26,27). The minimum atomic E-state index is -0.689. The summed E-state index contributed by atoms with van der Waals surface area (Å²) in [6.07, 6.45) is 2.41. The van der Waals surface area contributed by atoms with E-state index in [4.69, 9.17) is 15.0 Å². The topological polar surface area (TPSA) is 134 Å². The second-order valence-corrected chi connectivity index (χ2v) is 6.79. The maximum Gasteiger partial charge on any atom is 0.319 e. The maximum absolute atomic E-state index is 14.2. The van der Waals surface area contributed by atoms with E-state index in [1.807, 2.05) is 0 Å². The lowest BCUT2D eigenvalue weighted by Crippen LogP contribution is -2.20. The third-order valence-corrected chi connectivity index (χ3v) is 4.56. The molecule has 3 aromatic heterocycles. The van der Waals surface area contributed by atoms with Gasteiger partial charge in [-0.1, -0.05) is 23.4 Å². The highest BCUT2D eigenvalue weighted by molar-refractivity contribution is 5.71. The lowest BCUT2D eigenvalue weighted by molar-refractivity contribution is -0.141. The Hall–Kier alpha value is -4.19. The number of nitrogens with zero attached hydrogens (tertiary/aromatic N) is 5. The largest absolute Gasteiger partial charge is 0.463 e. The Morgan fingerprint density at radius 1 is 1.18 bits per heavy atom. The summed E-state index contributed by atoms with van der Waals surface area (Å²) in [7, 11) is 0. The van der Waals surface area contributed by atoms with Crippen molar-refractivity contribution in [2.75, 3.05) is 25.0 Å². The van der Waals surface area contributed by atoms with Crippen molar-refractivity contribution in [3.63, 3.8) is 0 Å². The molecule has 0 bridgehead atoms. The van der Waals surface area contributed by atoms with Crippen LogP contribution in [-0.4, -0.2) is 50.6 Å². The van der Waals surface area contributed by atoms with Crippen LogP contribution in [0.3, 0.4) is 0 Å². The fourth-order valence-electron chi connectivity index (χ4n) is 2.99. The molecule has 170 valence electrons. The fourth-order valence-corrected chi connectivity index (χ4v) is 2.99. The zero-order valence-corrected chi connectivity index (χ0v) is 17.2. The maximum atomic E-state index is 14.2. The Labute approximate surface area is 186 Å². The molecule has 0 fully saturated rings. The predicted octanol–water partition coefficient (Wildman–Crippen LogP) is 2.24. The minimum absolute atomic E-state index is 0.0115. The van der Waals surface area contributed by atoms with Crippen LogP contribution < -0.4 is 11.1 Å². The number of carbonyl (C=O) groups is 1. The highest BCUT2D eigenvalue weighted by Gasteiger charge is 2.18. The Balaban J connectivity index is 1.61. The number of anilines is 1. The second-order valence-electron chi connectivity index (χ2n) is 6.79. The van der Waals surface area contributed by atoms with Gasteiger partial charge >= 0.3 is 5.97 Å². The van der Waals surface area contributed by atoms with Gasteiger partial charge in [0.25, 0.3) is 0 Å². The molecule has 0 unspecified atom stereocenters. The number of hydrogen-bond donors (Lipinski definition) is 2. The number of carbonyl (C=O) groups excluding carboxylic acids is 1. The van der Waals surface area contributed by atoms with Gasteiger partial charge in [-0.2, -0.15) is 5.10 Å². The van der Waals surface area contributed by atoms with Crippen LogP contribution in [0.25, 0.3) is 22.9 Å². The summed E-state index contributed by atoms with van der Waals surface area (Å²) in [6, 6.07) is 9.63. The molecule has 33 heavy (non-hydrogen) atoms. The molecule has 10 nitrogen and oxygen atoms in total. The fraction of sp³-hybridized carbons (Fsp3) is 0.190. The van der Waals surface area contributed by atoms with E-state index in [0.29, 0.717) is 22.6 Å². The minimum Gasteiger partial charge on any atom is -0.463 e. The summed E-state index contributed by atoms with van der Waals surface area (Å²) in [6.45, 7) is -0.0174. The first-order chi connectivity index (χ1) is 16.0. The molecule has 12 heteroatoms.